The Balaban J connectivity index is 0.00000196. The molecule has 4 heteroatoms. The van der Waals surface area contributed by atoms with E-state index in [9.17, 15) is 0 Å². The molecule has 0 aliphatic heterocycles. The fourth-order valence-corrected chi connectivity index (χ4v) is 1.41. The standard InChI is InChI=1S/C11H16ClNO.ClH/c1-3-13-6-7-14-11-5-4-10(12)8-9(11)2;/h4-5,8,13H,3,6-7H2,1-2H3;1H. The molecule has 0 heterocycles. The minimum absolute atomic E-state index is 0. The van der Waals surface area contributed by atoms with Crippen molar-refractivity contribution in [1.82, 2.24) is 5.32 Å². The quantitative estimate of drug-likeness (QED) is 0.811. The van der Waals surface area contributed by atoms with Crippen LogP contribution in [0.5, 0.6) is 5.75 Å². The van der Waals surface area contributed by atoms with E-state index in [-0.39, 0.29) is 12.4 Å². The molecule has 1 aromatic carbocycles. The summed E-state index contributed by atoms with van der Waals surface area (Å²) in [6, 6.07) is 5.66. The van der Waals surface area contributed by atoms with Crippen LogP contribution in [0.1, 0.15) is 12.5 Å². The number of rotatable bonds is 5. The molecule has 2 nitrogen and oxygen atoms in total. The average Bonchev–Trinajstić information content (AvgIpc) is 2.15. The normalized spacial score (nSPS) is 9.53. The summed E-state index contributed by atoms with van der Waals surface area (Å²) in [5, 5.41) is 3.95. The van der Waals surface area contributed by atoms with Gasteiger partial charge in [-0.05, 0) is 37.2 Å². The lowest BCUT2D eigenvalue weighted by Gasteiger charge is -2.09. The van der Waals surface area contributed by atoms with Crippen LogP contribution >= 0.6 is 24.0 Å². The number of likely N-dealkylation sites (N-methyl/N-ethyl adjacent to an activating group) is 1. The first-order chi connectivity index (χ1) is 6.74. The van der Waals surface area contributed by atoms with E-state index in [0.29, 0.717) is 6.61 Å². The smallest absolute Gasteiger partial charge is 0.122 e. The number of hydrogen-bond donors (Lipinski definition) is 1. The summed E-state index contributed by atoms with van der Waals surface area (Å²) in [4.78, 5) is 0. The fourth-order valence-electron chi connectivity index (χ4n) is 1.18. The van der Waals surface area contributed by atoms with Crippen molar-refractivity contribution in [1.29, 1.82) is 0 Å². The molecule has 15 heavy (non-hydrogen) atoms. The summed E-state index contributed by atoms with van der Waals surface area (Å²) in [7, 11) is 0. The maximum absolute atomic E-state index is 5.83. The lowest BCUT2D eigenvalue weighted by Crippen LogP contribution is -2.20. The Bertz CT molecular complexity index is 292. The molecule has 0 aliphatic carbocycles. The summed E-state index contributed by atoms with van der Waals surface area (Å²) in [6.45, 7) is 6.61. The van der Waals surface area contributed by atoms with Gasteiger partial charge in [-0.3, -0.25) is 0 Å². The predicted octanol–water partition coefficient (Wildman–Crippen LogP) is 3.06. The first-order valence-corrected chi connectivity index (χ1v) is 5.21. The number of ether oxygens (including phenoxy) is 1. The van der Waals surface area contributed by atoms with Crippen molar-refractivity contribution in [3.05, 3.63) is 28.8 Å². The highest BCUT2D eigenvalue weighted by atomic mass is 35.5. The highest BCUT2D eigenvalue weighted by Crippen LogP contribution is 2.21. The Labute approximate surface area is 102 Å². The molecule has 0 saturated carbocycles. The van der Waals surface area contributed by atoms with Crippen molar-refractivity contribution < 1.29 is 4.74 Å². The zero-order valence-corrected chi connectivity index (χ0v) is 10.6. The number of aryl methyl sites for hydroxylation is 1. The molecule has 0 spiro atoms. The van der Waals surface area contributed by atoms with Gasteiger partial charge in [-0.25, -0.2) is 0 Å². The third kappa shape index (κ3) is 5.26. The number of halogens is 2. The highest BCUT2D eigenvalue weighted by Gasteiger charge is 1.99. The van der Waals surface area contributed by atoms with Crippen molar-refractivity contribution in [2.24, 2.45) is 0 Å². The average molecular weight is 250 g/mol. The molecule has 0 aliphatic rings. The molecule has 1 rings (SSSR count). The van der Waals surface area contributed by atoms with Crippen LogP contribution in [0.3, 0.4) is 0 Å². The summed E-state index contributed by atoms with van der Waals surface area (Å²) in [6.07, 6.45) is 0. The van der Waals surface area contributed by atoms with E-state index in [1.807, 2.05) is 25.1 Å². The van der Waals surface area contributed by atoms with Crippen LogP contribution in [0.4, 0.5) is 0 Å². The molecule has 0 radical (unpaired) electrons. The van der Waals surface area contributed by atoms with Crippen LogP contribution < -0.4 is 10.1 Å². The van der Waals surface area contributed by atoms with Crippen LogP contribution in [-0.2, 0) is 0 Å². The van der Waals surface area contributed by atoms with Gasteiger partial charge in [-0.15, -0.1) is 12.4 Å². The van der Waals surface area contributed by atoms with Gasteiger partial charge < -0.3 is 10.1 Å². The van der Waals surface area contributed by atoms with Gasteiger partial charge in [0.25, 0.3) is 0 Å². The molecule has 0 amide bonds. The lowest BCUT2D eigenvalue weighted by atomic mass is 10.2. The number of nitrogens with one attached hydrogen (secondary N) is 1. The molecule has 0 unspecified atom stereocenters. The summed E-state index contributed by atoms with van der Waals surface area (Å²) in [5.41, 5.74) is 1.08. The van der Waals surface area contributed by atoms with Crippen molar-refractivity contribution >= 4 is 24.0 Å². The molecular weight excluding hydrogens is 233 g/mol. The van der Waals surface area contributed by atoms with Gasteiger partial charge in [0, 0.05) is 11.6 Å². The Hall–Kier alpha value is -0.440. The molecule has 0 atom stereocenters. The van der Waals surface area contributed by atoms with E-state index in [1.54, 1.807) is 0 Å². The van der Waals surface area contributed by atoms with E-state index in [0.717, 1.165) is 29.4 Å². The minimum atomic E-state index is 0. The summed E-state index contributed by atoms with van der Waals surface area (Å²) < 4.78 is 5.57. The van der Waals surface area contributed by atoms with Gasteiger partial charge in [-0.1, -0.05) is 18.5 Å². The van der Waals surface area contributed by atoms with Crippen LogP contribution in [0.25, 0.3) is 0 Å². The van der Waals surface area contributed by atoms with E-state index in [4.69, 9.17) is 16.3 Å². The van der Waals surface area contributed by atoms with Gasteiger partial charge in [0.2, 0.25) is 0 Å². The molecule has 0 fully saturated rings. The largest absolute Gasteiger partial charge is 0.492 e. The molecule has 0 aromatic heterocycles. The third-order valence-corrected chi connectivity index (χ3v) is 2.16. The van der Waals surface area contributed by atoms with E-state index < -0.39 is 0 Å². The van der Waals surface area contributed by atoms with Crippen molar-refractivity contribution in [2.75, 3.05) is 19.7 Å². The SMILES string of the molecule is CCNCCOc1ccc(Cl)cc1C.Cl. The molecule has 1 N–H and O–H groups in total. The highest BCUT2D eigenvalue weighted by molar-refractivity contribution is 6.30. The van der Waals surface area contributed by atoms with E-state index in [2.05, 4.69) is 12.2 Å². The molecule has 0 saturated heterocycles. The van der Waals surface area contributed by atoms with Crippen LogP contribution in [-0.4, -0.2) is 19.7 Å². The van der Waals surface area contributed by atoms with E-state index >= 15 is 0 Å². The lowest BCUT2D eigenvalue weighted by molar-refractivity contribution is 0.313. The number of hydrogen-bond acceptors (Lipinski definition) is 2. The maximum atomic E-state index is 5.83. The second-order valence-electron chi connectivity index (χ2n) is 3.11. The minimum Gasteiger partial charge on any atom is -0.492 e. The summed E-state index contributed by atoms with van der Waals surface area (Å²) >= 11 is 5.83. The molecule has 86 valence electrons. The van der Waals surface area contributed by atoms with Gasteiger partial charge in [-0.2, -0.15) is 0 Å². The van der Waals surface area contributed by atoms with Gasteiger partial charge >= 0.3 is 0 Å². The number of benzene rings is 1. The Morgan fingerprint density at radius 3 is 2.73 bits per heavy atom. The van der Waals surface area contributed by atoms with Crippen LogP contribution in [0.2, 0.25) is 5.02 Å². The van der Waals surface area contributed by atoms with Crippen LogP contribution in [0, 0.1) is 6.92 Å². The molecular formula is C11H17Cl2NO. The Morgan fingerprint density at radius 2 is 2.13 bits per heavy atom. The molecule has 1 aromatic rings. The van der Waals surface area contributed by atoms with E-state index in [1.165, 1.54) is 0 Å². The zero-order chi connectivity index (χ0) is 10.4. The maximum Gasteiger partial charge on any atom is 0.122 e. The second kappa shape index (κ2) is 7.80. The fraction of sp³-hybridized carbons (Fsp3) is 0.455. The Kier molecular flexibility index (Phi) is 7.57. The second-order valence-corrected chi connectivity index (χ2v) is 3.55. The summed E-state index contributed by atoms with van der Waals surface area (Å²) in [5.74, 6) is 0.910. The first kappa shape index (κ1) is 14.6. The molecule has 0 bridgehead atoms. The van der Waals surface area contributed by atoms with Gasteiger partial charge in [0.1, 0.15) is 12.4 Å². The monoisotopic (exact) mass is 249 g/mol. The van der Waals surface area contributed by atoms with Crippen molar-refractivity contribution in [2.45, 2.75) is 13.8 Å². The topological polar surface area (TPSA) is 21.3 Å². The van der Waals surface area contributed by atoms with Gasteiger partial charge in [0.05, 0.1) is 0 Å². The van der Waals surface area contributed by atoms with Gasteiger partial charge in [0.15, 0.2) is 0 Å². The Morgan fingerprint density at radius 1 is 1.40 bits per heavy atom. The van der Waals surface area contributed by atoms with Crippen molar-refractivity contribution in [3.63, 3.8) is 0 Å². The predicted molar refractivity (Wildman–Crippen MR) is 67.5 cm³/mol. The van der Waals surface area contributed by atoms with Crippen LogP contribution in [0.15, 0.2) is 18.2 Å². The van der Waals surface area contributed by atoms with Crippen molar-refractivity contribution in [3.8, 4) is 5.75 Å². The third-order valence-electron chi connectivity index (χ3n) is 1.92. The first-order valence-electron chi connectivity index (χ1n) is 4.83. The zero-order valence-electron chi connectivity index (χ0n) is 9.05.